The lowest BCUT2D eigenvalue weighted by atomic mass is 10.1. The van der Waals surface area contributed by atoms with E-state index in [0.717, 1.165) is 19.5 Å². The maximum absolute atomic E-state index is 4.15. The van der Waals surface area contributed by atoms with Gasteiger partial charge in [-0.2, -0.15) is 0 Å². The second kappa shape index (κ2) is 4.43. The van der Waals surface area contributed by atoms with Crippen molar-refractivity contribution in [1.82, 2.24) is 14.5 Å². The Labute approximate surface area is 122 Å². The van der Waals surface area contributed by atoms with Crippen molar-refractivity contribution >= 4 is 21.6 Å². The predicted octanol–water partition coefficient (Wildman–Crippen LogP) is 3.38. The van der Waals surface area contributed by atoms with Crippen LogP contribution in [0.3, 0.4) is 0 Å². The van der Waals surface area contributed by atoms with Crippen LogP contribution in [0.1, 0.15) is 16.1 Å². The van der Waals surface area contributed by atoms with Crippen LogP contribution in [0.4, 0.5) is 0 Å². The predicted molar refractivity (Wildman–Crippen MR) is 83.7 cm³/mol. The fourth-order valence-corrected chi connectivity index (χ4v) is 4.23. The van der Waals surface area contributed by atoms with Crippen LogP contribution in [0.15, 0.2) is 30.6 Å². The van der Waals surface area contributed by atoms with Crippen LogP contribution < -0.4 is 0 Å². The third-order valence-electron chi connectivity index (χ3n) is 4.06. The van der Waals surface area contributed by atoms with Gasteiger partial charge in [-0.25, -0.2) is 0 Å². The molecule has 3 aromatic heterocycles. The molecule has 1 aliphatic heterocycles. The van der Waals surface area contributed by atoms with Crippen LogP contribution in [-0.4, -0.2) is 28.0 Å². The van der Waals surface area contributed by atoms with Crippen molar-refractivity contribution in [1.29, 1.82) is 0 Å². The van der Waals surface area contributed by atoms with Crippen LogP contribution in [0.2, 0.25) is 0 Å². The van der Waals surface area contributed by atoms with Gasteiger partial charge in [0, 0.05) is 53.5 Å². The lowest BCUT2D eigenvalue weighted by Gasteiger charge is -2.24. The van der Waals surface area contributed by atoms with Gasteiger partial charge in [-0.3, -0.25) is 4.98 Å². The number of hydrogen-bond donors (Lipinski definition) is 0. The van der Waals surface area contributed by atoms with Crippen molar-refractivity contribution < 1.29 is 0 Å². The number of aromatic nitrogens is 2. The first-order valence-electron chi connectivity index (χ1n) is 6.95. The largest absolute Gasteiger partial charge is 0.305 e. The molecule has 0 atom stereocenters. The summed E-state index contributed by atoms with van der Waals surface area (Å²) in [5, 5.41) is 1.44. The van der Waals surface area contributed by atoms with Crippen LogP contribution in [0.5, 0.6) is 0 Å². The molecule has 1 aliphatic rings. The van der Waals surface area contributed by atoms with Crippen LogP contribution in [-0.2, 0) is 13.0 Å². The zero-order valence-electron chi connectivity index (χ0n) is 11.8. The van der Waals surface area contributed by atoms with Gasteiger partial charge in [0.15, 0.2) is 0 Å². The van der Waals surface area contributed by atoms with Crippen LogP contribution in [0, 0.1) is 6.92 Å². The fourth-order valence-electron chi connectivity index (χ4n) is 3.15. The number of nitrogens with zero attached hydrogens (tertiary/aromatic N) is 3. The molecule has 0 aliphatic carbocycles. The molecular formula is C16H17N3S. The lowest BCUT2D eigenvalue weighted by Crippen LogP contribution is -2.27. The summed E-state index contributed by atoms with van der Waals surface area (Å²) in [4.78, 5) is 9.32. The zero-order chi connectivity index (χ0) is 13.7. The molecule has 4 rings (SSSR count). The van der Waals surface area contributed by atoms with E-state index in [1.807, 2.05) is 23.7 Å². The topological polar surface area (TPSA) is 21.1 Å². The minimum Gasteiger partial charge on any atom is -0.305 e. The summed E-state index contributed by atoms with van der Waals surface area (Å²) in [6, 6.07) is 6.55. The van der Waals surface area contributed by atoms with Crippen molar-refractivity contribution in [2.24, 2.45) is 0 Å². The zero-order valence-corrected chi connectivity index (χ0v) is 12.6. The number of thiophene rings is 1. The monoisotopic (exact) mass is 283 g/mol. The highest BCUT2D eigenvalue weighted by molar-refractivity contribution is 7.18. The number of hydrogen-bond acceptors (Lipinski definition) is 3. The second-order valence-electron chi connectivity index (χ2n) is 5.53. The first-order valence-corrected chi connectivity index (χ1v) is 7.77. The molecule has 0 fully saturated rings. The van der Waals surface area contributed by atoms with E-state index in [1.165, 1.54) is 32.0 Å². The van der Waals surface area contributed by atoms with E-state index in [4.69, 9.17) is 0 Å². The summed E-state index contributed by atoms with van der Waals surface area (Å²) in [6.45, 7) is 4.38. The van der Waals surface area contributed by atoms with Crippen molar-refractivity contribution in [3.63, 3.8) is 0 Å². The lowest BCUT2D eigenvalue weighted by molar-refractivity contribution is 0.311. The Kier molecular flexibility index (Phi) is 2.69. The van der Waals surface area contributed by atoms with Gasteiger partial charge in [-0.15, -0.1) is 11.3 Å². The highest BCUT2D eigenvalue weighted by Gasteiger charge is 2.24. The van der Waals surface area contributed by atoms with Crippen molar-refractivity contribution in [3.05, 3.63) is 46.7 Å². The van der Waals surface area contributed by atoms with Gasteiger partial charge in [-0.05, 0) is 37.7 Å². The molecule has 0 N–H and O–H groups in total. The van der Waals surface area contributed by atoms with Gasteiger partial charge in [0.25, 0.3) is 0 Å². The molecule has 3 nitrogen and oxygen atoms in total. The summed E-state index contributed by atoms with van der Waals surface area (Å²) in [6.07, 6.45) is 4.88. The Hall–Kier alpha value is -1.65. The average Bonchev–Trinajstić information content (AvgIpc) is 2.95. The summed E-state index contributed by atoms with van der Waals surface area (Å²) in [5.74, 6) is 0. The highest BCUT2D eigenvalue weighted by atomic mass is 32.1. The highest BCUT2D eigenvalue weighted by Crippen LogP contribution is 2.37. The number of rotatable bonds is 1. The molecule has 0 saturated carbocycles. The van der Waals surface area contributed by atoms with Gasteiger partial charge >= 0.3 is 0 Å². The Balaban J connectivity index is 2.04. The van der Waals surface area contributed by atoms with E-state index in [-0.39, 0.29) is 0 Å². The molecule has 0 amide bonds. The van der Waals surface area contributed by atoms with Gasteiger partial charge < -0.3 is 9.47 Å². The molecule has 0 radical (unpaired) electrons. The van der Waals surface area contributed by atoms with E-state index in [9.17, 15) is 0 Å². The number of aryl methyl sites for hydroxylation is 1. The quantitative estimate of drug-likeness (QED) is 0.682. The minimum absolute atomic E-state index is 1.06. The Morgan fingerprint density at radius 1 is 1.25 bits per heavy atom. The molecule has 3 aromatic rings. The molecule has 0 spiro atoms. The smallest absolute Gasteiger partial charge is 0.108 e. The van der Waals surface area contributed by atoms with Gasteiger partial charge in [0.1, 0.15) is 4.83 Å². The molecular weight excluding hydrogens is 266 g/mol. The fraction of sp³-hybridized carbons (Fsp3) is 0.312. The van der Waals surface area contributed by atoms with Gasteiger partial charge in [0.05, 0.1) is 0 Å². The van der Waals surface area contributed by atoms with E-state index >= 15 is 0 Å². The normalized spacial score (nSPS) is 15.7. The SMILES string of the molecule is Cc1cc2c3c(n(-c4ccncc4)c2s1)CCN(C)C3. The summed E-state index contributed by atoms with van der Waals surface area (Å²) in [5.41, 5.74) is 4.23. The van der Waals surface area contributed by atoms with Crippen molar-refractivity contribution in [3.8, 4) is 5.69 Å². The molecule has 102 valence electrons. The summed E-state index contributed by atoms with van der Waals surface area (Å²) in [7, 11) is 2.21. The van der Waals surface area contributed by atoms with Crippen molar-refractivity contribution in [2.75, 3.05) is 13.6 Å². The van der Waals surface area contributed by atoms with Crippen LogP contribution >= 0.6 is 11.3 Å². The molecule has 0 unspecified atom stereocenters. The standard InChI is InChI=1S/C16H17N3S/c1-11-9-13-14-10-18(2)8-5-15(14)19(16(13)20-11)12-3-6-17-7-4-12/h3-4,6-7,9H,5,8,10H2,1-2H3. The van der Waals surface area contributed by atoms with E-state index in [1.54, 1.807) is 0 Å². The first kappa shape index (κ1) is 12.1. The van der Waals surface area contributed by atoms with Gasteiger partial charge in [0.2, 0.25) is 0 Å². The molecule has 0 bridgehead atoms. The maximum atomic E-state index is 4.15. The molecule has 20 heavy (non-hydrogen) atoms. The molecule has 0 aromatic carbocycles. The van der Waals surface area contributed by atoms with E-state index < -0.39 is 0 Å². The van der Waals surface area contributed by atoms with Crippen LogP contribution in [0.25, 0.3) is 15.9 Å². The molecule has 4 heteroatoms. The molecule has 4 heterocycles. The Morgan fingerprint density at radius 2 is 2.05 bits per heavy atom. The average molecular weight is 283 g/mol. The third-order valence-corrected chi connectivity index (χ3v) is 5.10. The number of likely N-dealkylation sites (N-methyl/N-ethyl adjacent to an activating group) is 1. The first-order chi connectivity index (χ1) is 9.74. The Morgan fingerprint density at radius 3 is 2.85 bits per heavy atom. The second-order valence-corrected chi connectivity index (χ2v) is 6.76. The molecule has 0 saturated heterocycles. The summed E-state index contributed by atoms with van der Waals surface area (Å²) >= 11 is 1.89. The van der Waals surface area contributed by atoms with E-state index in [2.05, 4.69) is 46.6 Å². The Bertz CT molecular complexity index is 770. The number of fused-ring (bicyclic) bond motifs is 3. The summed E-state index contributed by atoms with van der Waals surface area (Å²) < 4.78 is 2.44. The third kappa shape index (κ3) is 1.72. The maximum Gasteiger partial charge on any atom is 0.108 e. The number of pyridine rings is 1. The van der Waals surface area contributed by atoms with Crippen molar-refractivity contribution in [2.45, 2.75) is 19.9 Å². The van der Waals surface area contributed by atoms with E-state index in [0.29, 0.717) is 0 Å². The van der Waals surface area contributed by atoms with Gasteiger partial charge in [-0.1, -0.05) is 0 Å². The minimum atomic E-state index is 1.06.